The van der Waals surface area contributed by atoms with Gasteiger partial charge in [0, 0.05) is 49.5 Å². The normalized spacial score (nSPS) is 22.2. The highest BCUT2D eigenvalue weighted by Crippen LogP contribution is 2.20. The second-order valence-electron chi connectivity index (χ2n) is 6.47. The summed E-state index contributed by atoms with van der Waals surface area (Å²) in [6, 6.07) is 6.25. The standard InChI is InChI=1S/C17H25ClN4O.ClH/c1-13-2-3-14(18)10-16(13)20-17(23)12-21-6-8-22(9-7-21)15-4-5-19-11-15;/h2-3,10,15,19H,4-9,11-12H2,1H3,(H,20,23);1H. The molecule has 1 unspecified atom stereocenters. The van der Waals surface area contributed by atoms with Crippen molar-refractivity contribution >= 4 is 35.6 Å². The third-order valence-corrected chi connectivity index (χ3v) is 5.03. The van der Waals surface area contributed by atoms with Gasteiger partial charge in [-0.15, -0.1) is 12.4 Å². The highest BCUT2D eigenvalue weighted by atomic mass is 35.5. The number of halogens is 2. The Hall–Kier alpha value is -0.850. The van der Waals surface area contributed by atoms with Gasteiger partial charge in [-0.2, -0.15) is 0 Å². The minimum Gasteiger partial charge on any atom is -0.325 e. The zero-order chi connectivity index (χ0) is 16.2. The van der Waals surface area contributed by atoms with Crippen molar-refractivity contribution in [2.24, 2.45) is 0 Å². The molecule has 2 aliphatic rings. The molecular formula is C17H26Cl2N4O. The van der Waals surface area contributed by atoms with Crippen LogP contribution in [-0.4, -0.2) is 67.6 Å². The maximum atomic E-state index is 12.3. The van der Waals surface area contributed by atoms with Crippen LogP contribution in [0.2, 0.25) is 5.02 Å². The number of rotatable bonds is 4. The Balaban J connectivity index is 0.00000208. The SMILES string of the molecule is Cc1ccc(Cl)cc1NC(=O)CN1CCN(C2CCNC2)CC1.Cl. The largest absolute Gasteiger partial charge is 0.325 e. The third-order valence-electron chi connectivity index (χ3n) is 4.80. The zero-order valence-electron chi connectivity index (χ0n) is 14.1. The van der Waals surface area contributed by atoms with E-state index in [0.29, 0.717) is 17.6 Å². The van der Waals surface area contributed by atoms with Crippen molar-refractivity contribution in [3.8, 4) is 0 Å². The van der Waals surface area contributed by atoms with Crippen molar-refractivity contribution < 1.29 is 4.79 Å². The summed E-state index contributed by atoms with van der Waals surface area (Å²) in [6.45, 7) is 8.67. The van der Waals surface area contributed by atoms with Crippen LogP contribution in [0.3, 0.4) is 0 Å². The first-order valence-electron chi connectivity index (χ1n) is 8.35. The van der Waals surface area contributed by atoms with Crippen molar-refractivity contribution in [3.05, 3.63) is 28.8 Å². The molecule has 7 heteroatoms. The number of amides is 1. The molecule has 2 saturated heterocycles. The van der Waals surface area contributed by atoms with Crippen molar-refractivity contribution in [1.29, 1.82) is 0 Å². The van der Waals surface area contributed by atoms with Gasteiger partial charge in [-0.05, 0) is 37.6 Å². The van der Waals surface area contributed by atoms with Gasteiger partial charge in [0.05, 0.1) is 6.54 Å². The van der Waals surface area contributed by atoms with Crippen molar-refractivity contribution in [3.63, 3.8) is 0 Å². The predicted octanol–water partition coefficient (Wildman–Crippen LogP) is 1.99. The Morgan fingerprint density at radius 1 is 1.33 bits per heavy atom. The van der Waals surface area contributed by atoms with Gasteiger partial charge < -0.3 is 10.6 Å². The monoisotopic (exact) mass is 372 g/mol. The van der Waals surface area contributed by atoms with Gasteiger partial charge in [0.15, 0.2) is 0 Å². The van der Waals surface area contributed by atoms with E-state index in [4.69, 9.17) is 11.6 Å². The van der Waals surface area contributed by atoms with E-state index >= 15 is 0 Å². The van der Waals surface area contributed by atoms with Crippen LogP contribution >= 0.6 is 24.0 Å². The first kappa shape index (κ1) is 19.5. The van der Waals surface area contributed by atoms with E-state index in [2.05, 4.69) is 20.4 Å². The molecule has 134 valence electrons. The molecule has 0 aliphatic carbocycles. The minimum absolute atomic E-state index is 0. The smallest absolute Gasteiger partial charge is 0.238 e. The number of nitrogens with zero attached hydrogens (tertiary/aromatic N) is 2. The second kappa shape index (κ2) is 9.02. The van der Waals surface area contributed by atoms with Crippen LogP contribution in [0.5, 0.6) is 0 Å². The average Bonchev–Trinajstić information content (AvgIpc) is 3.06. The number of nitrogens with one attached hydrogen (secondary N) is 2. The molecule has 1 aromatic carbocycles. The molecule has 1 amide bonds. The summed E-state index contributed by atoms with van der Waals surface area (Å²) >= 11 is 6.00. The number of carbonyl (C=O) groups is 1. The molecule has 0 aromatic heterocycles. The molecule has 0 saturated carbocycles. The molecule has 24 heavy (non-hydrogen) atoms. The van der Waals surface area contributed by atoms with Crippen LogP contribution in [-0.2, 0) is 4.79 Å². The Bertz CT molecular complexity index is 556. The maximum Gasteiger partial charge on any atom is 0.238 e. The van der Waals surface area contributed by atoms with E-state index in [1.165, 1.54) is 6.42 Å². The lowest BCUT2D eigenvalue weighted by Gasteiger charge is -2.37. The van der Waals surface area contributed by atoms with Crippen LogP contribution in [0.25, 0.3) is 0 Å². The van der Waals surface area contributed by atoms with E-state index < -0.39 is 0 Å². The van der Waals surface area contributed by atoms with Crippen LogP contribution in [0, 0.1) is 6.92 Å². The Labute approximate surface area is 155 Å². The number of hydrogen-bond donors (Lipinski definition) is 2. The van der Waals surface area contributed by atoms with Crippen molar-refractivity contribution in [2.45, 2.75) is 19.4 Å². The number of benzene rings is 1. The van der Waals surface area contributed by atoms with Crippen molar-refractivity contribution in [1.82, 2.24) is 15.1 Å². The summed E-state index contributed by atoms with van der Waals surface area (Å²) in [7, 11) is 0. The molecule has 0 spiro atoms. The number of hydrogen-bond acceptors (Lipinski definition) is 4. The van der Waals surface area contributed by atoms with Gasteiger partial charge in [-0.1, -0.05) is 17.7 Å². The van der Waals surface area contributed by atoms with Gasteiger partial charge in [0.1, 0.15) is 0 Å². The Morgan fingerprint density at radius 3 is 2.75 bits per heavy atom. The molecule has 5 nitrogen and oxygen atoms in total. The molecule has 1 atom stereocenters. The van der Waals surface area contributed by atoms with Crippen LogP contribution in [0.1, 0.15) is 12.0 Å². The Morgan fingerprint density at radius 2 is 2.08 bits per heavy atom. The van der Waals surface area contributed by atoms with Gasteiger partial charge >= 0.3 is 0 Å². The van der Waals surface area contributed by atoms with Gasteiger partial charge in [-0.25, -0.2) is 0 Å². The molecule has 2 fully saturated rings. The fraction of sp³-hybridized carbons (Fsp3) is 0.588. The fourth-order valence-electron chi connectivity index (χ4n) is 3.36. The molecule has 3 rings (SSSR count). The van der Waals surface area contributed by atoms with Crippen LogP contribution in [0.4, 0.5) is 5.69 Å². The first-order valence-corrected chi connectivity index (χ1v) is 8.73. The van der Waals surface area contributed by atoms with Crippen molar-refractivity contribution in [2.75, 3.05) is 51.1 Å². The lowest BCUT2D eigenvalue weighted by atomic mass is 10.2. The lowest BCUT2D eigenvalue weighted by Crippen LogP contribution is -2.52. The third kappa shape index (κ3) is 5.07. The summed E-state index contributed by atoms with van der Waals surface area (Å²) in [5, 5.41) is 7.04. The average molecular weight is 373 g/mol. The molecule has 0 radical (unpaired) electrons. The number of carbonyl (C=O) groups excluding carboxylic acids is 1. The molecule has 1 aromatic rings. The summed E-state index contributed by atoms with van der Waals surface area (Å²) in [4.78, 5) is 17.0. The van der Waals surface area contributed by atoms with Gasteiger partial charge in [0.25, 0.3) is 0 Å². The fourth-order valence-corrected chi connectivity index (χ4v) is 3.53. The van der Waals surface area contributed by atoms with Crippen LogP contribution < -0.4 is 10.6 Å². The van der Waals surface area contributed by atoms with E-state index in [1.54, 1.807) is 6.07 Å². The van der Waals surface area contributed by atoms with Gasteiger partial charge in [0.2, 0.25) is 5.91 Å². The summed E-state index contributed by atoms with van der Waals surface area (Å²) in [6.07, 6.45) is 1.24. The van der Waals surface area contributed by atoms with E-state index in [1.807, 2.05) is 19.1 Å². The van der Waals surface area contributed by atoms with Crippen LogP contribution in [0.15, 0.2) is 18.2 Å². The lowest BCUT2D eigenvalue weighted by molar-refractivity contribution is -0.117. The second-order valence-corrected chi connectivity index (χ2v) is 6.90. The highest BCUT2D eigenvalue weighted by Gasteiger charge is 2.26. The minimum atomic E-state index is 0. The first-order chi connectivity index (χ1) is 11.1. The van der Waals surface area contributed by atoms with E-state index in [9.17, 15) is 4.79 Å². The summed E-state index contributed by atoms with van der Waals surface area (Å²) in [5.74, 6) is 0.0337. The number of piperazine rings is 1. The van der Waals surface area contributed by atoms with E-state index in [-0.39, 0.29) is 18.3 Å². The highest BCUT2D eigenvalue weighted by molar-refractivity contribution is 6.31. The molecular weight excluding hydrogens is 347 g/mol. The summed E-state index contributed by atoms with van der Waals surface area (Å²) in [5.41, 5.74) is 1.83. The Kier molecular flexibility index (Phi) is 7.32. The molecule has 2 aliphatic heterocycles. The summed E-state index contributed by atoms with van der Waals surface area (Å²) < 4.78 is 0. The predicted molar refractivity (Wildman–Crippen MR) is 101 cm³/mol. The molecule has 2 N–H and O–H groups in total. The number of aryl methyl sites for hydroxylation is 1. The number of anilines is 1. The van der Waals surface area contributed by atoms with E-state index in [0.717, 1.165) is 50.5 Å². The topological polar surface area (TPSA) is 47.6 Å². The quantitative estimate of drug-likeness (QED) is 0.848. The zero-order valence-corrected chi connectivity index (χ0v) is 15.6. The van der Waals surface area contributed by atoms with Gasteiger partial charge in [-0.3, -0.25) is 14.6 Å². The molecule has 0 bridgehead atoms. The molecule has 2 heterocycles. The maximum absolute atomic E-state index is 12.3.